The van der Waals surface area contributed by atoms with E-state index in [9.17, 15) is 29.5 Å². The first-order valence-electron chi connectivity index (χ1n) is 17.9. The van der Waals surface area contributed by atoms with Crippen molar-refractivity contribution in [3.63, 3.8) is 0 Å². The number of hydrogen-bond donors (Lipinski definition) is 6. The van der Waals surface area contributed by atoms with E-state index in [1.807, 2.05) is 0 Å². The SMILES string of the molecule is O=S(O)(c1ccc(CCO)cc1)(c1ccc(CCO)cc1)c1ccc(Sc2ccc(S(=O)(O)(c3ccc(CCO)cc3)c3ccc(CCO)cc3)cc2)cc1. The van der Waals surface area contributed by atoms with E-state index in [4.69, 9.17) is 0 Å². The third kappa shape index (κ3) is 7.90. The topological polar surface area (TPSA) is 156 Å². The van der Waals surface area contributed by atoms with Crippen LogP contribution in [0.2, 0.25) is 0 Å². The fraction of sp³-hybridized carbons (Fsp3) is 0.182. The monoisotopic (exact) mass is 798 g/mol. The minimum Gasteiger partial charge on any atom is -0.396 e. The van der Waals surface area contributed by atoms with Crippen molar-refractivity contribution in [2.24, 2.45) is 0 Å². The van der Waals surface area contributed by atoms with Gasteiger partial charge in [0.25, 0.3) is 0 Å². The maximum Gasteiger partial charge on any atom is 0.0641 e. The van der Waals surface area contributed by atoms with Gasteiger partial charge in [-0.3, -0.25) is 9.11 Å². The maximum absolute atomic E-state index is 15.3. The number of rotatable bonds is 16. The molecule has 0 amide bonds. The molecule has 0 aliphatic rings. The summed E-state index contributed by atoms with van der Waals surface area (Å²) in [4.78, 5) is 2.86. The Kier molecular flexibility index (Phi) is 12.1. The molecule has 6 N–H and O–H groups in total. The van der Waals surface area contributed by atoms with Crippen molar-refractivity contribution in [3.05, 3.63) is 168 Å². The van der Waals surface area contributed by atoms with Gasteiger partial charge >= 0.3 is 0 Å². The summed E-state index contributed by atoms with van der Waals surface area (Å²) in [5, 5.41) is 37.6. The van der Waals surface area contributed by atoms with Crippen molar-refractivity contribution in [3.8, 4) is 0 Å². The standard InChI is InChI=1S/C44H46O8S3/c45-29-25-33-1-13-39(14-2-33)54(49,50,40-15-3-34(4-16-40)26-30-46)43-21-9-37(10-22-43)53-38-11-23-44(24-12-38)55(51,52,41-17-5-35(6-18-41)27-31-47)42-19-7-36(8-20-42)28-32-48/h1-24,45-48H,25-32H2,(H,49,50)(H,51,52). The van der Waals surface area contributed by atoms with Crippen molar-refractivity contribution in [2.75, 3.05) is 26.4 Å². The summed E-state index contributed by atoms with van der Waals surface area (Å²) in [7, 11) is -9.70. The van der Waals surface area contributed by atoms with E-state index in [0.717, 1.165) is 32.0 Å². The zero-order valence-electron chi connectivity index (χ0n) is 30.2. The van der Waals surface area contributed by atoms with Crippen LogP contribution in [0, 0.1) is 0 Å². The van der Waals surface area contributed by atoms with Gasteiger partial charge in [-0.05, 0) is 145 Å². The molecule has 6 aromatic rings. The fourth-order valence-electron chi connectivity index (χ4n) is 6.62. The Morgan fingerprint density at radius 3 is 0.691 bits per heavy atom. The molecule has 0 heterocycles. The summed E-state index contributed by atoms with van der Waals surface area (Å²) in [6.07, 6.45) is 1.70. The Labute approximate surface area is 326 Å². The summed E-state index contributed by atoms with van der Waals surface area (Å²) >= 11 is 1.40. The van der Waals surface area contributed by atoms with E-state index in [2.05, 4.69) is 0 Å². The van der Waals surface area contributed by atoms with Gasteiger partial charge in [0, 0.05) is 36.2 Å². The summed E-state index contributed by atoms with van der Waals surface area (Å²) in [5.41, 5.74) is 3.36. The number of benzene rings is 6. The minimum absolute atomic E-state index is 0.0365. The molecule has 0 bridgehead atoms. The van der Waals surface area contributed by atoms with E-state index in [0.29, 0.717) is 25.7 Å². The normalized spacial score (nSPS) is 13.4. The second kappa shape index (κ2) is 16.4. The number of aliphatic hydroxyl groups is 4. The van der Waals surface area contributed by atoms with E-state index in [1.165, 1.54) is 11.8 Å². The third-order valence-corrected chi connectivity index (χ3v) is 17.7. The van der Waals surface area contributed by atoms with Crippen molar-refractivity contribution in [1.82, 2.24) is 0 Å². The van der Waals surface area contributed by atoms with Crippen molar-refractivity contribution in [2.45, 2.75) is 64.8 Å². The highest BCUT2D eigenvalue weighted by Crippen LogP contribution is 2.50. The van der Waals surface area contributed by atoms with Crippen molar-refractivity contribution in [1.29, 1.82) is 0 Å². The molecular weight excluding hydrogens is 753 g/mol. The third-order valence-electron chi connectivity index (χ3n) is 9.80. The van der Waals surface area contributed by atoms with Gasteiger partial charge < -0.3 is 20.4 Å². The van der Waals surface area contributed by atoms with Gasteiger partial charge in [0.2, 0.25) is 0 Å². The zero-order chi connectivity index (χ0) is 39.2. The van der Waals surface area contributed by atoms with Crippen molar-refractivity contribution < 1.29 is 37.9 Å². The smallest absolute Gasteiger partial charge is 0.0641 e. The minimum atomic E-state index is -4.85. The molecule has 0 saturated heterocycles. The van der Waals surface area contributed by atoms with Gasteiger partial charge in [-0.15, -0.1) is 18.7 Å². The highest BCUT2D eigenvalue weighted by molar-refractivity contribution is 8.15. The molecular formula is C44H46O8S3. The van der Waals surface area contributed by atoms with Gasteiger partial charge in [0.15, 0.2) is 0 Å². The Morgan fingerprint density at radius 1 is 0.327 bits per heavy atom. The second-order valence-corrected chi connectivity index (χ2v) is 20.9. The summed E-state index contributed by atoms with van der Waals surface area (Å²) in [6.45, 7) is -0.146. The highest BCUT2D eigenvalue weighted by Gasteiger charge is 2.37. The lowest BCUT2D eigenvalue weighted by Crippen LogP contribution is -2.33. The summed E-state index contributed by atoms with van der Waals surface area (Å²) in [5.74, 6) is 0. The zero-order valence-corrected chi connectivity index (χ0v) is 32.7. The fourth-order valence-corrected chi connectivity index (χ4v) is 12.9. The first-order chi connectivity index (χ1) is 26.4. The molecule has 6 aromatic carbocycles. The molecule has 0 spiro atoms. The van der Waals surface area contributed by atoms with Crippen LogP contribution in [0.4, 0.5) is 0 Å². The predicted octanol–water partition coefficient (Wildman–Crippen LogP) is 7.52. The average Bonchev–Trinajstić information content (AvgIpc) is 3.20. The lowest BCUT2D eigenvalue weighted by molar-refractivity contribution is 0.299. The molecule has 0 radical (unpaired) electrons. The van der Waals surface area contributed by atoms with Crippen LogP contribution >= 0.6 is 11.8 Å². The lowest BCUT2D eigenvalue weighted by atomic mass is 10.2. The first-order valence-corrected chi connectivity index (χ1v) is 22.6. The molecule has 0 saturated carbocycles. The van der Waals surface area contributed by atoms with Gasteiger partial charge in [-0.1, -0.05) is 60.3 Å². The molecule has 0 fully saturated rings. The summed E-state index contributed by atoms with van der Waals surface area (Å²) < 4.78 is 55.5. The molecule has 55 heavy (non-hydrogen) atoms. The van der Waals surface area contributed by atoms with Gasteiger partial charge in [0.05, 0.1) is 29.4 Å². The molecule has 0 atom stereocenters. The van der Waals surface area contributed by atoms with Crippen LogP contribution in [-0.4, -0.2) is 64.4 Å². The predicted molar refractivity (Wildman–Crippen MR) is 217 cm³/mol. The maximum atomic E-state index is 15.3. The van der Waals surface area contributed by atoms with Crippen LogP contribution in [-0.2, 0) is 44.4 Å². The largest absolute Gasteiger partial charge is 0.396 e. The summed E-state index contributed by atoms with van der Waals surface area (Å²) in [6, 6.07) is 40.7. The molecule has 0 aromatic heterocycles. The van der Waals surface area contributed by atoms with Crippen LogP contribution in [0.1, 0.15) is 22.3 Å². The van der Waals surface area contributed by atoms with Crippen LogP contribution in [0.15, 0.2) is 185 Å². The van der Waals surface area contributed by atoms with E-state index < -0.39 is 18.7 Å². The Bertz CT molecular complexity index is 2060. The van der Waals surface area contributed by atoms with Crippen molar-refractivity contribution >= 4 is 30.5 Å². The van der Waals surface area contributed by atoms with Crippen LogP contribution < -0.4 is 0 Å². The van der Waals surface area contributed by atoms with Gasteiger partial charge in [-0.25, -0.2) is 0 Å². The molecule has 0 aliphatic heterocycles. The van der Waals surface area contributed by atoms with Crippen LogP contribution in [0.25, 0.3) is 0 Å². The lowest BCUT2D eigenvalue weighted by Gasteiger charge is -2.44. The van der Waals surface area contributed by atoms with Crippen LogP contribution in [0.3, 0.4) is 0 Å². The first kappa shape index (κ1) is 40.4. The highest BCUT2D eigenvalue weighted by atomic mass is 32.3. The van der Waals surface area contributed by atoms with Crippen LogP contribution in [0.5, 0.6) is 0 Å². The van der Waals surface area contributed by atoms with E-state index in [-0.39, 0.29) is 55.8 Å². The molecule has 0 unspecified atom stereocenters. The molecule has 0 aliphatic carbocycles. The quantitative estimate of drug-likeness (QED) is 0.0584. The van der Waals surface area contributed by atoms with Gasteiger partial charge in [0.1, 0.15) is 0 Å². The second-order valence-electron chi connectivity index (χ2n) is 13.3. The Balaban J connectivity index is 1.33. The number of hydrogen-bond acceptors (Lipinski definition) is 7. The molecule has 8 nitrogen and oxygen atoms in total. The van der Waals surface area contributed by atoms with E-state index >= 15 is 8.42 Å². The molecule has 288 valence electrons. The average molecular weight is 799 g/mol. The Hall–Kier alpha value is -4.27. The Morgan fingerprint density at radius 2 is 0.509 bits per heavy atom. The molecule has 11 heteroatoms. The van der Waals surface area contributed by atoms with Gasteiger partial charge in [-0.2, -0.15) is 8.42 Å². The van der Waals surface area contributed by atoms with E-state index in [1.54, 1.807) is 146 Å². The number of aliphatic hydroxyl groups excluding tert-OH is 4. The molecule has 6 rings (SSSR count).